The van der Waals surface area contributed by atoms with Gasteiger partial charge in [-0.2, -0.15) is 0 Å². The maximum atomic E-state index is 12.3. The van der Waals surface area contributed by atoms with Crippen molar-refractivity contribution in [3.05, 3.63) is 33.8 Å². The average molecular weight is 337 g/mol. The Labute approximate surface area is 128 Å². The van der Waals surface area contributed by atoms with E-state index in [4.69, 9.17) is 0 Å². The van der Waals surface area contributed by atoms with Gasteiger partial charge in [0.2, 0.25) is 0 Å². The van der Waals surface area contributed by atoms with Crippen molar-refractivity contribution in [2.75, 3.05) is 19.6 Å². The van der Waals surface area contributed by atoms with Gasteiger partial charge >= 0.3 is 0 Å². The van der Waals surface area contributed by atoms with Crippen molar-refractivity contribution >= 4 is 21.8 Å². The third-order valence-corrected chi connectivity index (χ3v) is 5.30. The second-order valence-corrected chi connectivity index (χ2v) is 6.86. The zero-order chi connectivity index (χ0) is 14.1. The van der Waals surface area contributed by atoms with Crippen LogP contribution in [0.25, 0.3) is 0 Å². The quantitative estimate of drug-likeness (QED) is 0.916. The molecule has 2 fully saturated rings. The molecule has 3 nitrogen and oxygen atoms in total. The van der Waals surface area contributed by atoms with Gasteiger partial charge in [-0.25, -0.2) is 0 Å². The van der Waals surface area contributed by atoms with Crippen LogP contribution in [0.5, 0.6) is 0 Å². The molecule has 0 spiro atoms. The fourth-order valence-corrected chi connectivity index (χ4v) is 3.35. The molecule has 108 valence electrons. The number of likely N-dealkylation sites (tertiary alicyclic amines) is 1. The number of benzene rings is 1. The molecule has 1 aromatic rings. The molecule has 0 aromatic heterocycles. The largest absolute Gasteiger partial charge is 0.352 e. The minimum absolute atomic E-state index is 0.0497. The number of carbonyl (C=O) groups excluding carboxylic acids is 1. The average Bonchev–Trinajstić information content (AvgIpc) is 3.18. The Bertz CT molecular complexity index is 513. The van der Waals surface area contributed by atoms with Crippen LogP contribution in [-0.2, 0) is 0 Å². The summed E-state index contributed by atoms with van der Waals surface area (Å²) in [4.78, 5) is 14.8. The zero-order valence-corrected chi connectivity index (χ0v) is 13.4. The molecule has 20 heavy (non-hydrogen) atoms. The standard InChI is InChI=1S/C16H21BrN2O/c1-11-14(3-2-4-15(11)17)16(20)18-9-12-7-8-19(10-12)13-5-6-13/h2-4,12-13H,5-10H2,1H3,(H,18,20). The molecule has 1 unspecified atom stereocenters. The predicted molar refractivity (Wildman–Crippen MR) is 83.9 cm³/mol. The lowest BCUT2D eigenvalue weighted by molar-refractivity contribution is 0.0946. The van der Waals surface area contributed by atoms with Gasteiger partial charge in [-0.3, -0.25) is 4.79 Å². The van der Waals surface area contributed by atoms with E-state index >= 15 is 0 Å². The van der Waals surface area contributed by atoms with E-state index < -0.39 is 0 Å². The third kappa shape index (κ3) is 3.07. The van der Waals surface area contributed by atoms with E-state index in [0.717, 1.165) is 34.7 Å². The highest BCUT2D eigenvalue weighted by Gasteiger charge is 2.34. The van der Waals surface area contributed by atoms with Gasteiger partial charge in [-0.15, -0.1) is 0 Å². The second-order valence-electron chi connectivity index (χ2n) is 6.00. The van der Waals surface area contributed by atoms with Crippen LogP contribution in [0.3, 0.4) is 0 Å². The number of halogens is 1. The molecule has 1 aliphatic heterocycles. The van der Waals surface area contributed by atoms with Gasteiger partial charge in [-0.05, 0) is 56.3 Å². The third-order valence-electron chi connectivity index (χ3n) is 4.44. The van der Waals surface area contributed by atoms with Crippen LogP contribution in [0, 0.1) is 12.8 Å². The minimum Gasteiger partial charge on any atom is -0.352 e. The molecule has 0 radical (unpaired) electrons. The van der Waals surface area contributed by atoms with Crippen LogP contribution in [0.4, 0.5) is 0 Å². The molecule has 1 aliphatic carbocycles. The first-order valence-corrected chi connectivity index (χ1v) is 8.22. The number of nitrogens with one attached hydrogen (secondary N) is 1. The summed E-state index contributed by atoms with van der Waals surface area (Å²) in [7, 11) is 0. The molecule has 4 heteroatoms. The first-order chi connectivity index (χ1) is 9.65. The summed E-state index contributed by atoms with van der Waals surface area (Å²) in [6.07, 6.45) is 3.96. The van der Waals surface area contributed by atoms with Gasteiger partial charge in [0.05, 0.1) is 0 Å². The Balaban J connectivity index is 1.53. The Hall–Kier alpha value is -0.870. The van der Waals surface area contributed by atoms with Gasteiger partial charge in [0.25, 0.3) is 5.91 Å². The van der Waals surface area contributed by atoms with Gasteiger partial charge in [0.15, 0.2) is 0 Å². The number of hydrogen-bond donors (Lipinski definition) is 1. The summed E-state index contributed by atoms with van der Waals surface area (Å²) in [6, 6.07) is 6.62. The first-order valence-electron chi connectivity index (χ1n) is 7.42. The molecule has 1 atom stereocenters. The summed E-state index contributed by atoms with van der Waals surface area (Å²) in [5.74, 6) is 0.667. The van der Waals surface area contributed by atoms with Crippen LogP contribution in [0.2, 0.25) is 0 Å². The van der Waals surface area contributed by atoms with Gasteiger partial charge in [0.1, 0.15) is 0 Å². The zero-order valence-electron chi connectivity index (χ0n) is 11.9. The van der Waals surface area contributed by atoms with E-state index in [1.54, 1.807) is 0 Å². The van der Waals surface area contributed by atoms with Crippen molar-refractivity contribution in [3.8, 4) is 0 Å². The first kappa shape index (κ1) is 14.1. The number of hydrogen-bond acceptors (Lipinski definition) is 2. The summed E-state index contributed by atoms with van der Waals surface area (Å²) in [5.41, 5.74) is 1.78. The maximum Gasteiger partial charge on any atom is 0.251 e. The predicted octanol–water partition coefficient (Wildman–Crippen LogP) is 2.97. The summed E-state index contributed by atoms with van der Waals surface area (Å²) >= 11 is 3.48. The fourth-order valence-electron chi connectivity index (χ4n) is 2.99. The molecule has 1 saturated heterocycles. The van der Waals surface area contributed by atoms with E-state index in [2.05, 4.69) is 26.1 Å². The van der Waals surface area contributed by atoms with Gasteiger partial charge in [0, 0.05) is 29.2 Å². The number of nitrogens with zero attached hydrogens (tertiary/aromatic N) is 1. The van der Waals surface area contributed by atoms with E-state index in [-0.39, 0.29) is 5.91 Å². The Morgan fingerprint density at radius 3 is 2.95 bits per heavy atom. The van der Waals surface area contributed by atoms with Crippen molar-refractivity contribution in [1.82, 2.24) is 10.2 Å². The van der Waals surface area contributed by atoms with E-state index in [1.807, 2.05) is 25.1 Å². The van der Waals surface area contributed by atoms with Gasteiger partial charge in [-0.1, -0.05) is 22.0 Å². The smallest absolute Gasteiger partial charge is 0.251 e. The lowest BCUT2D eigenvalue weighted by atomic mass is 10.1. The summed E-state index contributed by atoms with van der Waals surface area (Å²) in [6.45, 7) is 5.14. The lowest BCUT2D eigenvalue weighted by Gasteiger charge is -2.15. The van der Waals surface area contributed by atoms with Crippen molar-refractivity contribution in [2.45, 2.75) is 32.2 Å². The second kappa shape index (κ2) is 5.86. The lowest BCUT2D eigenvalue weighted by Crippen LogP contribution is -2.31. The Kier molecular flexibility index (Phi) is 4.13. The molecule has 1 saturated carbocycles. The minimum atomic E-state index is 0.0497. The molecular weight excluding hydrogens is 316 g/mol. The molecule has 1 amide bonds. The summed E-state index contributed by atoms with van der Waals surface area (Å²) < 4.78 is 0.992. The van der Waals surface area contributed by atoms with Crippen LogP contribution >= 0.6 is 15.9 Å². The molecule has 0 bridgehead atoms. The molecule has 1 aromatic carbocycles. The topological polar surface area (TPSA) is 32.3 Å². The highest BCUT2D eigenvalue weighted by atomic mass is 79.9. The molecule has 1 heterocycles. The highest BCUT2D eigenvalue weighted by Crippen LogP contribution is 2.31. The molecule has 1 N–H and O–H groups in total. The van der Waals surface area contributed by atoms with Crippen LogP contribution < -0.4 is 5.32 Å². The normalized spacial score (nSPS) is 23.0. The monoisotopic (exact) mass is 336 g/mol. The SMILES string of the molecule is Cc1c(Br)cccc1C(=O)NCC1CCN(C2CC2)C1. The summed E-state index contributed by atoms with van der Waals surface area (Å²) in [5, 5.41) is 3.10. The van der Waals surface area contributed by atoms with Crippen LogP contribution in [0.15, 0.2) is 22.7 Å². The van der Waals surface area contributed by atoms with Crippen LogP contribution in [0.1, 0.15) is 35.2 Å². The molecule has 3 rings (SSSR count). The van der Waals surface area contributed by atoms with E-state index in [0.29, 0.717) is 5.92 Å². The molecule has 2 aliphatic rings. The van der Waals surface area contributed by atoms with Crippen molar-refractivity contribution in [2.24, 2.45) is 5.92 Å². The Morgan fingerprint density at radius 1 is 1.40 bits per heavy atom. The van der Waals surface area contributed by atoms with E-state index in [9.17, 15) is 4.79 Å². The van der Waals surface area contributed by atoms with Crippen molar-refractivity contribution in [1.29, 1.82) is 0 Å². The van der Waals surface area contributed by atoms with Crippen LogP contribution in [-0.4, -0.2) is 36.5 Å². The van der Waals surface area contributed by atoms with E-state index in [1.165, 1.54) is 25.8 Å². The Morgan fingerprint density at radius 2 is 2.20 bits per heavy atom. The van der Waals surface area contributed by atoms with Crippen molar-refractivity contribution < 1.29 is 4.79 Å². The highest BCUT2D eigenvalue weighted by molar-refractivity contribution is 9.10. The number of amides is 1. The van der Waals surface area contributed by atoms with Crippen molar-refractivity contribution in [3.63, 3.8) is 0 Å². The maximum absolute atomic E-state index is 12.3. The van der Waals surface area contributed by atoms with Gasteiger partial charge < -0.3 is 10.2 Å². The fraction of sp³-hybridized carbons (Fsp3) is 0.562. The number of carbonyl (C=O) groups is 1. The molecular formula is C16H21BrN2O. The number of rotatable bonds is 4.